The monoisotopic (exact) mass is 1110 g/mol. The van der Waals surface area contributed by atoms with Crippen LogP contribution in [0.1, 0.15) is 158 Å². The van der Waals surface area contributed by atoms with Gasteiger partial charge in [-0.3, -0.25) is 0 Å². The zero-order chi connectivity index (χ0) is 59.5. The lowest BCUT2D eigenvalue weighted by Gasteiger charge is -2.44. The van der Waals surface area contributed by atoms with Crippen LogP contribution < -0.4 is 25.5 Å². The van der Waals surface area contributed by atoms with E-state index in [4.69, 9.17) is 0 Å². The van der Waals surface area contributed by atoms with Gasteiger partial charge < -0.3 is 9.80 Å². The van der Waals surface area contributed by atoms with E-state index in [1.807, 2.05) is 11.3 Å². The van der Waals surface area contributed by atoms with Gasteiger partial charge in [-0.25, -0.2) is 0 Å². The zero-order valence-corrected chi connectivity index (χ0v) is 53.9. The first-order chi connectivity index (χ1) is 39.4. The molecule has 13 rings (SSSR count). The summed E-state index contributed by atoms with van der Waals surface area (Å²) in [5.74, 6) is 0. The molecule has 10 aromatic carbocycles. The van der Waals surface area contributed by atoms with E-state index in [9.17, 15) is 0 Å². The highest BCUT2D eigenvalue weighted by Crippen LogP contribution is 2.53. The molecule has 2 aliphatic heterocycles. The lowest BCUT2D eigenvalue weighted by Crippen LogP contribution is -2.60. The summed E-state index contributed by atoms with van der Waals surface area (Å²) < 4.78 is 2.70. The highest BCUT2D eigenvalue weighted by Gasteiger charge is 2.46. The molecule has 0 saturated heterocycles. The number of hydrogen-bond acceptors (Lipinski definition) is 3. The Morgan fingerprint density at radius 1 is 0.298 bits per heavy atom. The van der Waals surface area contributed by atoms with E-state index in [2.05, 4.69) is 310 Å². The second-order valence-electron chi connectivity index (χ2n) is 30.7. The number of benzene rings is 10. The lowest BCUT2D eigenvalue weighted by atomic mass is 9.36. The molecule has 2 nitrogen and oxygen atoms in total. The van der Waals surface area contributed by atoms with Crippen LogP contribution in [0.5, 0.6) is 0 Å². The van der Waals surface area contributed by atoms with Crippen LogP contribution >= 0.6 is 11.3 Å². The van der Waals surface area contributed by atoms with Crippen LogP contribution in [0, 0.1) is 0 Å². The maximum atomic E-state index is 2.71. The molecule has 0 spiro atoms. The van der Waals surface area contributed by atoms with E-state index in [-0.39, 0.29) is 39.2 Å². The minimum atomic E-state index is -0.0942. The first kappa shape index (κ1) is 55.8. The Morgan fingerprint density at radius 3 is 1.25 bits per heavy atom. The SMILES string of the molecule is CC(C)(C)c1cc(-c2cc(C(C)(C)C)ccc2N2c3ccc(C(C)(C)C)cc3B3c4sc5ccc(C(C)(C)C)cc5c4N(c4ccc(C(C)(C)C)cc4-c4ccc5c6ccccc6c6ccccc6c5c4)c4cccc2c43)cc(C(C)(C)C)c1. The van der Waals surface area contributed by atoms with Crippen molar-refractivity contribution in [1.29, 1.82) is 0 Å². The standard InChI is InChI=1S/C80H83BN2S/c1-75(2,3)50-32-37-67(61(44-50)48-30-35-60-58-26-20-19-24-56(58)57-25-21-22-27-59(57)63(60)42-48)83-70-29-23-28-69-72(70)81(74-73(83)64-46-52(77(7,8)9)34-39-71(64)84-74)65-47-53(78(10,11)12)33-38-68(65)82(69)66-36-31-51(76(4,5)6)45-62(66)49-40-54(79(13,14)15)43-55(41-49)80(16,17)18/h19-47H,1-18H3. The zero-order valence-electron chi connectivity index (χ0n) is 53.1. The molecule has 422 valence electrons. The molecule has 0 unspecified atom stereocenters. The van der Waals surface area contributed by atoms with Gasteiger partial charge in [-0.05, 0) is 181 Å². The van der Waals surface area contributed by atoms with Gasteiger partial charge in [0.2, 0.25) is 0 Å². The summed E-state index contributed by atoms with van der Waals surface area (Å²) in [7, 11) is 0. The molecule has 84 heavy (non-hydrogen) atoms. The quantitative estimate of drug-likeness (QED) is 0.128. The van der Waals surface area contributed by atoms with Gasteiger partial charge in [0.05, 0.1) is 17.1 Å². The molecule has 0 bridgehead atoms. The van der Waals surface area contributed by atoms with Gasteiger partial charge in [0, 0.05) is 43.1 Å². The van der Waals surface area contributed by atoms with Gasteiger partial charge in [-0.2, -0.15) is 0 Å². The summed E-state index contributed by atoms with van der Waals surface area (Å²) in [6.45, 7) is 42.4. The number of fused-ring (bicyclic) bond motifs is 12. The molecular weight excluding hydrogens is 1030 g/mol. The van der Waals surface area contributed by atoms with Crippen molar-refractivity contribution in [2.75, 3.05) is 9.80 Å². The molecule has 0 saturated carbocycles. The predicted molar refractivity (Wildman–Crippen MR) is 371 cm³/mol. The van der Waals surface area contributed by atoms with Crippen LogP contribution in [0.3, 0.4) is 0 Å². The summed E-state index contributed by atoms with van der Waals surface area (Å²) in [5, 5.41) is 9.02. The second kappa shape index (κ2) is 19.1. The van der Waals surface area contributed by atoms with Crippen molar-refractivity contribution in [2.45, 2.75) is 157 Å². The molecule has 0 N–H and O–H groups in total. The highest BCUT2D eigenvalue weighted by atomic mass is 32.1. The van der Waals surface area contributed by atoms with Gasteiger partial charge in [0.15, 0.2) is 0 Å². The Balaban J connectivity index is 1.15. The number of nitrogens with zero attached hydrogens (tertiary/aromatic N) is 2. The molecule has 11 aromatic rings. The number of thiophene rings is 1. The van der Waals surface area contributed by atoms with Crippen molar-refractivity contribution in [3.63, 3.8) is 0 Å². The molecule has 1 aromatic heterocycles. The summed E-state index contributed by atoms with van der Waals surface area (Å²) in [4.78, 5) is 5.37. The number of hydrogen-bond donors (Lipinski definition) is 0. The topological polar surface area (TPSA) is 6.48 Å². The fourth-order valence-electron chi connectivity index (χ4n) is 13.4. The molecule has 0 amide bonds. The van der Waals surface area contributed by atoms with E-state index in [0.29, 0.717) is 0 Å². The van der Waals surface area contributed by atoms with Crippen LogP contribution in [0.15, 0.2) is 176 Å². The minimum Gasteiger partial charge on any atom is -0.311 e. The average molecular weight is 1120 g/mol. The maximum Gasteiger partial charge on any atom is 0.264 e. The third kappa shape index (κ3) is 9.20. The van der Waals surface area contributed by atoms with Crippen LogP contribution in [0.25, 0.3) is 64.7 Å². The fourth-order valence-corrected chi connectivity index (χ4v) is 14.7. The van der Waals surface area contributed by atoms with Gasteiger partial charge in [0.1, 0.15) is 0 Å². The van der Waals surface area contributed by atoms with Crippen LogP contribution in [-0.4, -0.2) is 6.71 Å². The minimum absolute atomic E-state index is 0.0295. The summed E-state index contributed by atoms with van der Waals surface area (Å²) in [6, 6.07) is 69.5. The summed E-state index contributed by atoms with van der Waals surface area (Å²) >= 11 is 2.00. The van der Waals surface area contributed by atoms with E-state index >= 15 is 0 Å². The van der Waals surface area contributed by atoms with Gasteiger partial charge in [-0.15, -0.1) is 11.3 Å². The van der Waals surface area contributed by atoms with E-state index in [0.717, 1.165) is 0 Å². The average Bonchev–Trinajstić information content (AvgIpc) is 1.25. The first-order valence-corrected chi connectivity index (χ1v) is 31.5. The van der Waals surface area contributed by atoms with E-state index in [1.54, 1.807) is 0 Å². The molecule has 0 fully saturated rings. The Bertz CT molecular complexity index is 4440. The van der Waals surface area contributed by atoms with Crippen LogP contribution in [0.2, 0.25) is 0 Å². The Morgan fingerprint density at radius 2 is 0.726 bits per heavy atom. The van der Waals surface area contributed by atoms with Crippen LogP contribution in [-0.2, 0) is 32.5 Å². The second-order valence-corrected chi connectivity index (χ2v) is 31.8. The first-order valence-electron chi connectivity index (χ1n) is 30.7. The third-order valence-corrected chi connectivity index (χ3v) is 19.8. The third-order valence-electron chi connectivity index (χ3n) is 18.6. The Labute approximate surface area is 505 Å². The van der Waals surface area contributed by atoms with Gasteiger partial charge >= 0.3 is 0 Å². The molecule has 0 aliphatic carbocycles. The van der Waals surface area contributed by atoms with Crippen molar-refractivity contribution in [1.82, 2.24) is 0 Å². The lowest BCUT2D eigenvalue weighted by molar-refractivity contribution is 0.569. The highest BCUT2D eigenvalue weighted by molar-refractivity contribution is 7.33. The molecule has 4 heteroatoms. The molecule has 3 heterocycles. The van der Waals surface area contributed by atoms with Gasteiger partial charge in [0.25, 0.3) is 6.71 Å². The summed E-state index contributed by atoms with van der Waals surface area (Å²) in [6.07, 6.45) is 0. The Hall–Kier alpha value is -7.40. The Kier molecular flexibility index (Phi) is 12.7. The van der Waals surface area contributed by atoms with Crippen molar-refractivity contribution in [3.8, 4) is 22.3 Å². The van der Waals surface area contributed by atoms with Crippen molar-refractivity contribution in [2.24, 2.45) is 0 Å². The summed E-state index contributed by atoms with van der Waals surface area (Å²) in [5.41, 5.74) is 22.6. The maximum absolute atomic E-state index is 2.71. The predicted octanol–water partition coefficient (Wildman–Crippen LogP) is 21.6. The molecule has 2 aliphatic rings. The largest absolute Gasteiger partial charge is 0.311 e. The van der Waals surface area contributed by atoms with E-state index < -0.39 is 0 Å². The molecule has 0 atom stereocenters. The smallest absolute Gasteiger partial charge is 0.264 e. The van der Waals surface area contributed by atoms with Gasteiger partial charge in [-0.1, -0.05) is 240 Å². The van der Waals surface area contributed by atoms with Crippen LogP contribution in [0.4, 0.5) is 34.1 Å². The van der Waals surface area contributed by atoms with Crippen molar-refractivity contribution in [3.05, 3.63) is 209 Å². The normalized spacial score (nSPS) is 14.0. The number of rotatable bonds is 4. The van der Waals surface area contributed by atoms with Crippen molar-refractivity contribution < 1.29 is 0 Å². The molecular formula is C80H83BN2S. The molecule has 0 radical (unpaired) electrons. The van der Waals surface area contributed by atoms with Crippen molar-refractivity contribution >= 4 is 110 Å². The number of anilines is 6. The fraction of sp³-hybridized carbons (Fsp3) is 0.300. The van der Waals surface area contributed by atoms with E-state index in [1.165, 1.54) is 148 Å².